The molecule has 0 saturated carbocycles. The topological polar surface area (TPSA) is 56.4 Å². The monoisotopic (exact) mass is 409 g/mol. The van der Waals surface area contributed by atoms with Crippen LogP contribution in [0.5, 0.6) is 0 Å². The summed E-state index contributed by atoms with van der Waals surface area (Å²) in [6.07, 6.45) is 2.48. The molecule has 4 aromatic rings. The van der Waals surface area contributed by atoms with Crippen molar-refractivity contribution in [1.82, 2.24) is 4.98 Å². The highest BCUT2D eigenvalue weighted by atomic mass is 16.2. The van der Waals surface area contributed by atoms with Gasteiger partial charge in [0.15, 0.2) is 0 Å². The molecule has 1 aliphatic heterocycles. The van der Waals surface area contributed by atoms with E-state index in [1.165, 1.54) is 0 Å². The molecule has 2 heterocycles. The number of hydrogen-bond acceptors (Lipinski definition) is 2. The van der Waals surface area contributed by atoms with Gasteiger partial charge in [-0.2, -0.15) is 0 Å². The van der Waals surface area contributed by atoms with Gasteiger partial charge in [0, 0.05) is 30.1 Å². The molecule has 0 atom stereocenters. The number of benzene rings is 3. The fraction of sp³-hybridized carbons (Fsp3) is 0.154. The molecule has 0 aliphatic carbocycles. The third kappa shape index (κ3) is 3.70. The normalized spacial score (nSPS) is 13.9. The predicted octanol–water partition coefficient (Wildman–Crippen LogP) is 4.68. The molecule has 5 nitrogen and oxygen atoms in total. The first-order chi connectivity index (χ1) is 15.2. The summed E-state index contributed by atoms with van der Waals surface area (Å²) in [7, 11) is 0. The fourth-order valence-corrected chi connectivity index (χ4v) is 4.25. The molecule has 1 N–H and O–H groups in total. The van der Waals surface area contributed by atoms with Gasteiger partial charge in [0.05, 0.1) is 24.3 Å². The molecule has 5 rings (SSSR count). The number of anilines is 2. The predicted molar refractivity (Wildman–Crippen MR) is 123 cm³/mol. The zero-order valence-corrected chi connectivity index (χ0v) is 17.1. The van der Waals surface area contributed by atoms with Crippen LogP contribution >= 0.6 is 0 Å². The summed E-state index contributed by atoms with van der Waals surface area (Å²) in [5.74, 6) is 0.0188. The lowest BCUT2D eigenvalue weighted by Crippen LogP contribution is -2.33. The largest absolute Gasteiger partial charge is 0.361 e. The van der Waals surface area contributed by atoms with Gasteiger partial charge in [0.2, 0.25) is 11.8 Å². The number of nitrogens with zero attached hydrogens (tertiary/aromatic N) is 2. The smallest absolute Gasteiger partial charge is 0.231 e. The van der Waals surface area contributed by atoms with Gasteiger partial charge < -0.3 is 14.8 Å². The third-order valence-corrected chi connectivity index (χ3v) is 5.81. The van der Waals surface area contributed by atoms with Crippen molar-refractivity contribution in [2.75, 3.05) is 16.3 Å². The average Bonchev–Trinajstić information content (AvgIpc) is 3.15. The average molecular weight is 409 g/mol. The van der Waals surface area contributed by atoms with Gasteiger partial charge >= 0.3 is 0 Å². The number of H-pyrrole nitrogens is 1. The van der Waals surface area contributed by atoms with Gasteiger partial charge in [-0.05, 0) is 29.3 Å². The molecule has 1 aromatic heterocycles. The molecule has 0 radical (unpaired) electrons. The number of aromatic nitrogens is 1. The molecule has 0 unspecified atom stereocenters. The van der Waals surface area contributed by atoms with E-state index in [2.05, 4.69) is 4.98 Å². The lowest BCUT2D eigenvalue weighted by molar-refractivity contribution is -0.118. The van der Waals surface area contributed by atoms with Crippen LogP contribution in [-0.2, 0) is 22.6 Å². The van der Waals surface area contributed by atoms with Crippen LogP contribution in [0.3, 0.4) is 0 Å². The van der Waals surface area contributed by atoms with Crippen molar-refractivity contribution in [3.63, 3.8) is 0 Å². The van der Waals surface area contributed by atoms with Crippen LogP contribution in [0.4, 0.5) is 11.4 Å². The van der Waals surface area contributed by atoms with Crippen LogP contribution in [0.15, 0.2) is 85.1 Å². The molecule has 0 bridgehead atoms. The summed E-state index contributed by atoms with van der Waals surface area (Å²) in [6.45, 7) is 0.865. The van der Waals surface area contributed by atoms with E-state index >= 15 is 0 Å². The minimum absolute atomic E-state index is 0.00781. The van der Waals surface area contributed by atoms with Crippen LogP contribution in [0, 0.1) is 0 Å². The molecule has 2 amide bonds. The van der Waals surface area contributed by atoms with Crippen LogP contribution in [0.25, 0.3) is 10.9 Å². The highest BCUT2D eigenvalue weighted by molar-refractivity contribution is 6.06. The summed E-state index contributed by atoms with van der Waals surface area (Å²) in [6, 6.07) is 25.6. The maximum atomic E-state index is 13.4. The van der Waals surface area contributed by atoms with Gasteiger partial charge in [-0.3, -0.25) is 9.59 Å². The van der Waals surface area contributed by atoms with Crippen molar-refractivity contribution < 1.29 is 9.59 Å². The standard InChI is InChI=1S/C26H23N3O2/c30-25-14-15-28(26(31)16-20-17-27-22-11-5-4-10-21(20)22)23-12-6-7-13-24(23)29(25)18-19-8-2-1-3-9-19/h1-13,17,27H,14-16,18H2. The number of carbonyl (C=O) groups is 2. The van der Waals surface area contributed by atoms with Crippen molar-refractivity contribution in [3.8, 4) is 0 Å². The van der Waals surface area contributed by atoms with E-state index in [-0.39, 0.29) is 18.2 Å². The minimum atomic E-state index is -0.00781. The van der Waals surface area contributed by atoms with E-state index < -0.39 is 0 Å². The Hall–Kier alpha value is -3.86. The Morgan fingerprint density at radius 2 is 1.58 bits per heavy atom. The number of hydrogen-bond donors (Lipinski definition) is 1. The quantitative estimate of drug-likeness (QED) is 0.532. The number of aromatic amines is 1. The zero-order valence-electron chi connectivity index (χ0n) is 17.1. The van der Waals surface area contributed by atoms with Crippen LogP contribution in [0.2, 0.25) is 0 Å². The van der Waals surface area contributed by atoms with Crippen molar-refractivity contribution in [2.45, 2.75) is 19.4 Å². The van der Waals surface area contributed by atoms with Crippen molar-refractivity contribution in [1.29, 1.82) is 0 Å². The number of para-hydroxylation sites is 3. The molecule has 5 heteroatoms. The number of nitrogens with one attached hydrogen (secondary N) is 1. The molecule has 0 fully saturated rings. The Morgan fingerprint density at radius 1 is 0.871 bits per heavy atom. The van der Waals surface area contributed by atoms with Crippen molar-refractivity contribution >= 4 is 34.1 Å². The minimum Gasteiger partial charge on any atom is -0.361 e. The van der Waals surface area contributed by atoms with Crippen molar-refractivity contribution in [3.05, 3.63) is 96.2 Å². The second-order valence-corrected chi connectivity index (χ2v) is 7.79. The number of fused-ring (bicyclic) bond motifs is 2. The lowest BCUT2D eigenvalue weighted by Gasteiger charge is -2.25. The fourth-order valence-electron chi connectivity index (χ4n) is 4.25. The Bertz CT molecular complexity index is 1250. The van der Waals surface area contributed by atoms with Crippen LogP contribution in [0.1, 0.15) is 17.5 Å². The first kappa shape index (κ1) is 19.1. The van der Waals surface area contributed by atoms with E-state index in [0.29, 0.717) is 19.5 Å². The van der Waals surface area contributed by atoms with Crippen LogP contribution in [-0.4, -0.2) is 23.3 Å². The first-order valence-electron chi connectivity index (χ1n) is 10.5. The van der Waals surface area contributed by atoms with Gasteiger partial charge in [0.1, 0.15) is 0 Å². The summed E-state index contributed by atoms with van der Waals surface area (Å²) in [5.41, 5.74) is 4.61. The summed E-state index contributed by atoms with van der Waals surface area (Å²) in [5, 5.41) is 1.06. The second-order valence-electron chi connectivity index (χ2n) is 7.79. The summed E-state index contributed by atoms with van der Waals surface area (Å²) < 4.78 is 0. The summed E-state index contributed by atoms with van der Waals surface area (Å²) >= 11 is 0. The highest BCUT2D eigenvalue weighted by Gasteiger charge is 2.29. The number of carbonyl (C=O) groups excluding carboxylic acids is 2. The van der Waals surface area contributed by atoms with Gasteiger partial charge in [0.25, 0.3) is 0 Å². The van der Waals surface area contributed by atoms with Crippen LogP contribution < -0.4 is 9.80 Å². The second kappa shape index (κ2) is 8.11. The Labute approximate surface area is 180 Å². The van der Waals surface area contributed by atoms with E-state index in [9.17, 15) is 9.59 Å². The molecule has 0 spiro atoms. The zero-order chi connectivity index (χ0) is 21.2. The molecule has 1 aliphatic rings. The maximum Gasteiger partial charge on any atom is 0.231 e. The van der Waals surface area contributed by atoms with E-state index in [1.54, 1.807) is 9.80 Å². The molecular formula is C26H23N3O2. The molecule has 154 valence electrons. The van der Waals surface area contributed by atoms with E-state index in [1.807, 2.05) is 85.1 Å². The van der Waals surface area contributed by atoms with Crippen molar-refractivity contribution in [2.24, 2.45) is 0 Å². The van der Waals surface area contributed by atoms with Gasteiger partial charge in [-0.15, -0.1) is 0 Å². The summed E-state index contributed by atoms with van der Waals surface area (Å²) in [4.78, 5) is 33.2. The Balaban J connectivity index is 1.47. The number of amides is 2. The number of rotatable bonds is 4. The molecule has 3 aromatic carbocycles. The first-order valence-corrected chi connectivity index (χ1v) is 10.5. The molecule has 0 saturated heterocycles. The third-order valence-electron chi connectivity index (χ3n) is 5.81. The molecular weight excluding hydrogens is 386 g/mol. The van der Waals surface area contributed by atoms with Gasteiger partial charge in [-0.1, -0.05) is 60.7 Å². The Morgan fingerprint density at radius 3 is 2.42 bits per heavy atom. The Kier molecular flexibility index (Phi) is 5.00. The maximum absolute atomic E-state index is 13.4. The molecule has 31 heavy (non-hydrogen) atoms. The lowest BCUT2D eigenvalue weighted by atomic mass is 10.1. The van der Waals surface area contributed by atoms with E-state index in [0.717, 1.165) is 33.4 Å². The van der Waals surface area contributed by atoms with Gasteiger partial charge in [-0.25, -0.2) is 0 Å². The highest BCUT2D eigenvalue weighted by Crippen LogP contribution is 2.34. The van der Waals surface area contributed by atoms with E-state index in [4.69, 9.17) is 0 Å². The SMILES string of the molecule is O=C(Cc1c[nH]c2ccccc12)N1CCC(=O)N(Cc2ccccc2)c2ccccc21.